The molecule has 5 N–H and O–H groups in total. The van der Waals surface area contributed by atoms with Crippen LogP contribution >= 0.6 is 0 Å². The van der Waals surface area contributed by atoms with Gasteiger partial charge in [-0.05, 0) is 23.1 Å². The summed E-state index contributed by atoms with van der Waals surface area (Å²) in [5.74, 6) is -0.0243. The van der Waals surface area contributed by atoms with Gasteiger partial charge in [0.25, 0.3) is 5.91 Å². The number of rotatable bonds is 8. The number of carbonyl (C=O) groups excluding carboxylic acids is 1. The van der Waals surface area contributed by atoms with Crippen molar-refractivity contribution < 1.29 is 9.90 Å². The number of nitrogens with two attached hydrogens (primary N) is 1. The Balaban J connectivity index is 4.92. The maximum atomic E-state index is 11.7. The summed E-state index contributed by atoms with van der Waals surface area (Å²) in [6.45, 7) is 11.7. The Morgan fingerprint density at radius 1 is 1.45 bits per heavy atom. The molecule has 0 rings (SSSR count). The zero-order chi connectivity index (χ0) is 15.7. The van der Waals surface area contributed by atoms with Crippen molar-refractivity contribution in [2.45, 2.75) is 13.8 Å². The first-order chi connectivity index (χ1) is 9.33. The number of aliphatic hydroxyl groups is 1. The van der Waals surface area contributed by atoms with E-state index in [0.717, 1.165) is 0 Å². The van der Waals surface area contributed by atoms with Crippen LogP contribution in [0.1, 0.15) is 13.8 Å². The van der Waals surface area contributed by atoms with Gasteiger partial charge < -0.3 is 21.6 Å². The summed E-state index contributed by atoms with van der Waals surface area (Å²) in [5.41, 5.74) is 9.48. The Hall–Kier alpha value is -2.08. The van der Waals surface area contributed by atoms with E-state index in [-0.39, 0.29) is 18.2 Å². The fraction of sp³-hybridized carbons (Fsp3) is 0.429. The van der Waals surface area contributed by atoms with Crippen molar-refractivity contribution in [1.29, 1.82) is 0 Å². The lowest BCUT2D eigenvalue weighted by atomic mass is 10.0. The Morgan fingerprint density at radius 2 is 2.05 bits per heavy atom. The molecule has 0 unspecified atom stereocenters. The maximum absolute atomic E-state index is 11.7. The molecule has 0 saturated carbocycles. The molecule has 0 aromatic heterocycles. The minimum absolute atomic E-state index is 0.0326. The van der Waals surface area contributed by atoms with Crippen LogP contribution in [0.4, 0.5) is 0 Å². The van der Waals surface area contributed by atoms with Crippen molar-refractivity contribution in [3.05, 3.63) is 36.1 Å². The molecule has 0 aliphatic rings. The molecule has 0 fully saturated rings. The Kier molecular flexibility index (Phi) is 8.00. The van der Waals surface area contributed by atoms with Gasteiger partial charge in [-0.25, -0.2) is 0 Å². The lowest BCUT2D eigenvalue weighted by molar-refractivity contribution is -0.117. The summed E-state index contributed by atoms with van der Waals surface area (Å²) >= 11 is 0. The zero-order valence-corrected chi connectivity index (χ0v) is 12.4. The standard InChI is InChI=1S/C14H24N4O2/c1-9(2)7-17-14(20)12(15)6-10(3)13(18-16-5)11(4)8-19/h6,9,16,19H,3-4,7-8,15H2,1-2,5H3,(H,17,20)/b12-6-,18-13-. The van der Waals surface area contributed by atoms with Gasteiger partial charge in [0.1, 0.15) is 0 Å². The molecule has 6 nitrogen and oxygen atoms in total. The fourth-order valence-electron chi connectivity index (χ4n) is 1.29. The van der Waals surface area contributed by atoms with Crippen LogP contribution in [-0.4, -0.2) is 36.9 Å². The van der Waals surface area contributed by atoms with Gasteiger partial charge in [-0.1, -0.05) is 27.0 Å². The summed E-state index contributed by atoms with van der Waals surface area (Å²) in [6.07, 6.45) is 1.41. The normalized spacial score (nSPS) is 12.2. The van der Waals surface area contributed by atoms with E-state index >= 15 is 0 Å². The smallest absolute Gasteiger partial charge is 0.267 e. The van der Waals surface area contributed by atoms with Gasteiger partial charge in [0, 0.05) is 13.6 Å². The highest BCUT2D eigenvalue weighted by atomic mass is 16.3. The molecule has 1 amide bonds. The summed E-state index contributed by atoms with van der Waals surface area (Å²) in [7, 11) is 1.61. The lowest BCUT2D eigenvalue weighted by Gasteiger charge is -2.10. The number of hydrazone groups is 1. The Morgan fingerprint density at radius 3 is 2.50 bits per heavy atom. The first-order valence-electron chi connectivity index (χ1n) is 6.31. The van der Waals surface area contributed by atoms with Crippen LogP contribution in [-0.2, 0) is 4.79 Å². The highest BCUT2D eigenvalue weighted by Crippen LogP contribution is 2.07. The van der Waals surface area contributed by atoms with Gasteiger partial charge in [-0.2, -0.15) is 5.10 Å². The largest absolute Gasteiger partial charge is 0.394 e. The van der Waals surface area contributed by atoms with E-state index in [9.17, 15) is 4.79 Å². The third-order valence-corrected chi connectivity index (χ3v) is 2.32. The van der Waals surface area contributed by atoms with E-state index in [0.29, 0.717) is 29.3 Å². The van der Waals surface area contributed by atoms with Crippen LogP contribution in [0.25, 0.3) is 0 Å². The van der Waals surface area contributed by atoms with Crippen LogP contribution in [0, 0.1) is 5.92 Å². The summed E-state index contributed by atoms with van der Waals surface area (Å²) in [6, 6.07) is 0. The molecule has 0 atom stereocenters. The van der Waals surface area contributed by atoms with Gasteiger partial charge >= 0.3 is 0 Å². The second kappa shape index (κ2) is 8.92. The number of aliphatic hydroxyl groups excluding tert-OH is 1. The number of nitrogens with one attached hydrogen (secondary N) is 2. The third-order valence-electron chi connectivity index (χ3n) is 2.32. The van der Waals surface area contributed by atoms with E-state index in [1.165, 1.54) is 6.08 Å². The van der Waals surface area contributed by atoms with Gasteiger partial charge in [0.05, 0.1) is 18.0 Å². The average Bonchev–Trinajstić information content (AvgIpc) is 2.40. The highest BCUT2D eigenvalue weighted by Gasteiger charge is 2.11. The van der Waals surface area contributed by atoms with Crippen LogP contribution in [0.15, 0.2) is 41.2 Å². The van der Waals surface area contributed by atoms with Crippen LogP contribution in [0.5, 0.6) is 0 Å². The predicted molar refractivity (Wildman–Crippen MR) is 82.0 cm³/mol. The van der Waals surface area contributed by atoms with Crippen LogP contribution < -0.4 is 16.5 Å². The van der Waals surface area contributed by atoms with E-state index in [4.69, 9.17) is 10.8 Å². The van der Waals surface area contributed by atoms with Crippen molar-refractivity contribution >= 4 is 11.6 Å². The van der Waals surface area contributed by atoms with Gasteiger partial charge in [0.2, 0.25) is 0 Å². The molecule has 6 heteroatoms. The fourth-order valence-corrected chi connectivity index (χ4v) is 1.29. The first kappa shape index (κ1) is 17.9. The number of carbonyl (C=O) groups is 1. The molecule has 0 aliphatic carbocycles. The molecular formula is C14H24N4O2. The maximum Gasteiger partial charge on any atom is 0.267 e. The van der Waals surface area contributed by atoms with Gasteiger partial charge in [-0.3, -0.25) is 4.79 Å². The van der Waals surface area contributed by atoms with Crippen molar-refractivity contribution in [2.75, 3.05) is 20.2 Å². The predicted octanol–water partition coefficient (Wildman–Crippen LogP) is 0.281. The van der Waals surface area contributed by atoms with Gasteiger partial charge in [0.15, 0.2) is 0 Å². The van der Waals surface area contributed by atoms with E-state index in [2.05, 4.69) is 29.0 Å². The first-order valence-corrected chi connectivity index (χ1v) is 6.31. The molecule has 20 heavy (non-hydrogen) atoms. The molecular weight excluding hydrogens is 256 g/mol. The average molecular weight is 280 g/mol. The number of hydrogen-bond donors (Lipinski definition) is 4. The van der Waals surface area contributed by atoms with Crippen LogP contribution in [0.3, 0.4) is 0 Å². The monoisotopic (exact) mass is 280 g/mol. The molecule has 0 saturated heterocycles. The highest BCUT2D eigenvalue weighted by molar-refractivity contribution is 6.14. The van der Waals surface area contributed by atoms with Crippen molar-refractivity contribution in [2.24, 2.45) is 16.8 Å². The lowest BCUT2D eigenvalue weighted by Crippen LogP contribution is -2.31. The van der Waals surface area contributed by atoms with Crippen molar-refractivity contribution in [1.82, 2.24) is 10.7 Å². The molecule has 0 spiro atoms. The SMILES string of the molecule is C=C(/C=C(\N)C(=O)NCC(C)C)/C(=N/NC)C(=C)CO. The number of allylic oxidation sites excluding steroid dienone is 2. The topological polar surface area (TPSA) is 99.7 Å². The van der Waals surface area contributed by atoms with Crippen molar-refractivity contribution in [3.8, 4) is 0 Å². The molecule has 0 aliphatic heterocycles. The zero-order valence-electron chi connectivity index (χ0n) is 12.4. The third kappa shape index (κ3) is 6.19. The minimum Gasteiger partial charge on any atom is -0.394 e. The molecule has 0 bridgehead atoms. The van der Waals surface area contributed by atoms with Gasteiger partial charge in [-0.15, -0.1) is 0 Å². The van der Waals surface area contributed by atoms with E-state index < -0.39 is 0 Å². The number of nitrogens with zero attached hydrogens (tertiary/aromatic N) is 1. The second-order valence-corrected chi connectivity index (χ2v) is 4.67. The van der Waals surface area contributed by atoms with E-state index in [1.54, 1.807) is 7.05 Å². The van der Waals surface area contributed by atoms with Crippen molar-refractivity contribution in [3.63, 3.8) is 0 Å². The summed E-state index contributed by atoms with van der Waals surface area (Å²) in [4.78, 5) is 11.7. The number of hydrogen-bond acceptors (Lipinski definition) is 5. The van der Waals surface area contributed by atoms with Crippen LogP contribution in [0.2, 0.25) is 0 Å². The minimum atomic E-state index is -0.363. The Bertz CT molecular complexity index is 436. The second-order valence-electron chi connectivity index (χ2n) is 4.67. The molecule has 112 valence electrons. The molecule has 0 aromatic rings. The number of amides is 1. The summed E-state index contributed by atoms with van der Waals surface area (Å²) < 4.78 is 0. The Labute approximate surface area is 120 Å². The quantitative estimate of drug-likeness (QED) is 0.222. The molecule has 0 aromatic carbocycles. The summed E-state index contributed by atoms with van der Waals surface area (Å²) in [5, 5.41) is 15.7. The van der Waals surface area contributed by atoms with E-state index in [1.807, 2.05) is 13.8 Å². The molecule has 0 radical (unpaired) electrons. The molecule has 0 heterocycles.